The van der Waals surface area contributed by atoms with E-state index in [4.69, 9.17) is 5.73 Å². The molecule has 80 valence electrons. The Balaban J connectivity index is 2.34. The van der Waals surface area contributed by atoms with E-state index in [0.717, 1.165) is 11.1 Å². The molecular weight excluding hydrogens is 202 g/mol. The molecular formula is C12H11N3O. The summed E-state index contributed by atoms with van der Waals surface area (Å²) in [5, 5.41) is 0. The highest BCUT2D eigenvalue weighted by Crippen LogP contribution is 2.17. The number of nitrogens with zero attached hydrogens (tertiary/aromatic N) is 2. The second kappa shape index (κ2) is 4.10. The minimum atomic E-state index is -0.615. The zero-order valence-corrected chi connectivity index (χ0v) is 8.84. The molecule has 0 aliphatic heterocycles. The number of hydrogen-bond donors (Lipinski definition) is 1. The van der Waals surface area contributed by atoms with Crippen LogP contribution in [0, 0.1) is 6.92 Å². The summed E-state index contributed by atoms with van der Waals surface area (Å²) in [5.41, 5.74) is 8.13. The first-order valence-corrected chi connectivity index (χ1v) is 4.86. The summed E-state index contributed by atoms with van der Waals surface area (Å²) in [7, 11) is 0. The summed E-state index contributed by atoms with van der Waals surface area (Å²) in [5.74, 6) is -0.577. The number of benzene rings is 1. The molecule has 2 N–H and O–H groups in total. The third-order valence-corrected chi connectivity index (χ3v) is 2.26. The number of primary amides is 1. The predicted molar refractivity (Wildman–Crippen MR) is 60.7 cm³/mol. The smallest absolute Gasteiger partial charge is 0.286 e. The second-order valence-corrected chi connectivity index (χ2v) is 3.53. The van der Waals surface area contributed by atoms with E-state index in [1.54, 1.807) is 12.4 Å². The van der Waals surface area contributed by atoms with Gasteiger partial charge in [0.15, 0.2) is 0 Å². The number of carbonyl (C=O) groups is 1. The van der Waals surface area contributed by atoms with Crippen molar-refractivity contribution in [1.29, 1.82) is 0 Å². The highest BCUT2D eigenvalue weighted by atomic mass is 16.1. The fourth-order valence-corrected chi connectivity index (χ4v) is 1.35. The Morgan fingerprint density at radius 3 is 2.12 bits per heavy atom. The van der Waals surface area contributed by atoms with Crippen LogP contribution in [0.1, 0.15) is 16.2 Å². The Morgan fingerprint density at radius 2 is 1.62 bits per heavy atom. The van der Waals surface area contributed by atoms with Gasteiger partial charge in [0, 0.05) is 18.0 Å². The van der Waals surface area contributed by atoms with Crippen LogP contribution >= 0.6 is 0 Å². The van der Waals surface area contributed by atoms with Crippen molar-refractivity contribution in [3.05, 3.63) is 48.0 Å². The van der Waals surface area contributed by atoms with Crippen molar-refractivity contribution >= 4 is 5.91 Å². The molecule has 0 aliphatic rings. The van der Waals surface area contributed by atoms with Gasteiger partial charge in [-0.1, -0.05) is 29.8 Å². The number of carbonyl (C=O) groups excluding carboxylic acids is 1. The number of aryl methyl sites for hydroxylation is 1. The van der Waals surface area contributed by atoms with Crippen LogP contribution < -0.4 is 5.73 Å². The van der Waals surface area contributed by atoms with Gasteiger partial charge in [-0.25, -0.2) is 9.97 Å². The van der Waals surface area contributed by atoms with Crippen molar-refractivity contribution in [2.45, 2.75) is 6.92 Å². The lowest BCUT2D eigenvalue weighted by Crippen LogP contribution is -2.14. The predicted octanol–water partition coefficient (Wildman–Crippen LogP) is 1.55. The van der Waals surface area contributed by atoms with Crippen molar-refractivity contribution in [3.8, 4) is 11.1 Å². The van der Waals surface area contributed by atoms with Gasteiger partial charge in [-0.05, 0) is 12.5 Å². The molecule has 0 atom stereocenters. The van der Waals surface area contributed by atoms with Gasteiger partial charge < -0.3 is 5.73 Å². The number of rotatable bonds is 2. The minimum absolute atomic E-state index is 0.0378. The van der Waals surface area contributed by atoms with Crippen LogP contribution in [0.15, 0.2) is 36.7 Å². The van der Waals surface area contributed by atoms with Gasteiger partial charge in [0.1, 0.15) is 0 Å². The van der Waals surface area contributed by atoms with Crippen molar-refractivity contribution in [3.63, 3.8) is 0 Å². The van der Waals surface area contributed by atoms with E-state index >= 15 is 0 Å². The van der Waals surface area contributed by atoms with Gasteiger partial charge >= 0.3 is 0 Å². The fourth-order valence-electron chi connectivity index (χ4n) is 1.35. The molecule has 1 aromatic heterocycles. The van der Waals surface area contributed by atoms with E-state index in [0.29, 0.717) is 0 Å². The van der Waals surface area contributed by atoms with E-state index in [2.05, 4.69) is 9.97 Å². The molecule has 16 heavy (non-hydrogen) atoms. The maximum Gasteiger partial charge on any atom is 0.286 e. The maximum atomic E-state index is 10.8. The Bertz CT molecular complexity index is 503. The quantitative estimate of drug-likeness (QED) is 0.822. The monoisotopic (exact) mass is 213 g/mol. The summed E-state index contributed by atoms with van der Waals surface area (Å²) >= 11 is 0. The summed E-state index contributed by atoms with van der Waals surface area (Å²) in [6, 6.07) is 7.99. The van der Waals surface area contributed by atoms with Gasteiger partial charge in [-0.2, -0.15) is 0 Å². The van der Waals surface area contributed by atoms with Crippen LogP contribution in [0.5, 0.6) is 0 Å². The van der Waals surface area contributed by atoms with Gasteiger partial charge in [0.05, 0.1) is 0 Å². The highest BCUT2D eigenvalue weighted by molar-refractivity contribution is 5.88. The standard InChI is InChI=1S/C12H11N3O/c1-8-2-4-9(5-3-8)10-6-14-12(11(13)16)15-7-10/h2-7H,1H3,(H2,13,16). The molecule has 1 amide bonds. The summed E-state index contributed by atoms with van der Waals surface area (Å²) in [6.07, 6.45) is 3.19. The van der Waals surface area contributed by atoms with Crippen molar-refractivity contribution in [1.82, 2.24) is 9.97 Å². The van der Waals surface area contributed by atoms with Crippen LogP contribution in [0.2, 0.25) is 0 Å². The first kappa shape index (κ1) is 10.3. The largest absolute Gasteiger partial charge is 0.363 e. The first-order valence-electron chi connectivity index (χ1n) is 4.86. The molecule has 0 unspecified atom stereocenters. The second-order valence-electron chi connectivity index (χ2n) is 3.53. The zero-order chi connectivity index (χ0) is 11.5. The van der Waals surface area contributed by atoms with Crippen LogP contribution in [-0.4, -0.2) is 15.9 Å². The van der Waals surface area contributed by atoms with E-state index in [-0.39, 0.29) is 5.82 Å². The molecule has 0 bridgehead atoms. The average Bonchev–Trinajstić information content (AvgIpc) is 2.30. The summed E-state index contributed by atoms with van der Waals surface area (Å²) < 4.78 is 0. The van der Waals surface area contributed by atoms with Crippen LogP contribution in [-0.2, 0) is 0 Å². The van der Waals surface area contributed by atoms with Crippen LogP contribution in [0.25, 0.3) is 11.1 Å². The Kier molecular flexibility index (Phi) is 2.64. The van der Waals surface area contributed by atoms with Crippen molar-refractivity contribution in [2.24, 2.45) is 5.73 Å². The van der Waals surface area contributed by atoms with Gasteiger partial charge in [0.25, 0.3) is 5.91 Å². The molecule has 2 aromatic rings. The number of nitrogens with two attached hydrogens (primary N) is 1. The SMILES string of the molecule is Cc1ccc(-c2cnc(C(N)=O)nc2)cc1. The third kappa shape index (κ3) is 2.06. The molecule has 1 aromatic carbocycles. The Hall–Kier alpha value is -2.23. The number of amides is 1. The molecule has 0 fully saturated rings. The van der Waals surface area contributed by atoms with Crippen LogP contribution in [0.3, 0.4) is 0 Å². The van der Waals surface area contributed by atoms with Gasteiger partial charge in [-0.3, -0.25) is 4.79 Å². The Morgan fingerprint density at radius 1 is 1.06 bits per heavy atom. The van der Waals surface area contributed by atoms with E-state index < -0.39 is 5.91 Å². The molecule has 4 nitrogen and oxygen atoms in total. The number of hydrogen-bond acceptors (Lipinski definition) is 3. The molecule has 0 aliphatic carbocycles. The fraction of sp³-hybridized carbons (Fsp3) is 0.0833. The molecule has 4 heteroatoms. The first-order chi connectivity index (χ1) is 7.66. The van der Waals surface area contributed by atoms with E-state index in [9.17, 15) is 4.79 Å². The van der Waals surface area contributed by atoms with Crippen molar-refractivity contribution < 1.29 is 4.79 Å². The van der Waals surface area contributed by atoms with Gasteiger partial charge in [0.2, 0.25) is 5.82 Å². The van der Waals surface area contributed by atoms with Crippen LogP contribution in [0.4, 0.5) is 0 Å². The zero-order valence-electron chi connectivity index (χ0n) is 8.84. The third-order valence-electron chi connectivity index (χ3n) is 2.26. The maximum absolute atomic E-state index is 10.8. The summed E-state index contributed by atoms with van der Waals surface area (Å²) in [4.78, 5) is 18.6. The minimum Gasteiger partial charge on any atom is -0.363 e. The molecule has 2 rings (SSSR count). The molecule has 1 heterocycles. The Labute approximate surface area is 93.2 Å². The van der Waals surface area contributed by atoms with E-state index in [1.165, 1.54) is 5.56 Å². The lowest BCUT2D eigenvalue weighted by Gasteiger charge is -2.01. The average molecular weight is 213 g/mol. The lowest BCUT2D eigenvalue weighted by molar-refractivity contribution is 0.0990. The van der Waals surface area contributed by atoms with E-state index in [1.807, 2.05) is 31.2 Å². The molecule has 0 spiro atoms. The topological polar surface area (TPSA) is 68.9 Å². The normalized spacial score (nSPS) is 10.1. The molecule has 0 saturated heterocycles. The van der Waals surface area contributed by atoms with Crippen molar-refractivity contribution in [2.75, 3.05) is 0 Å². The summed E-state index contributed by atoms with van der Waals surface area (Å²) in [6.45, 7) is 2.02. The highest BCUT2D eigenvalue weighted by Gasteiger charge is 2.04. The molecule has 0 radical (unpaired) electrons. The number of aromatic nitrogens is 2. The molecule has 0 saturated carbocycles. The lowest BCUT2D eigenvalue weighted by atomic mass is 10.1. The van der Waals surface area contributed by atoms with Gasteiger partial charge in [-0.15, -0.1) is 0 Å².